The Morgan fingerprint density at radius 3 is 2.59 bits per heavy atom. The van der Waals surface area contributed by atoms with Crippen molar-refractivity contribution in [2.45, 2.75) is 6.42 Å². The van der Waals surface area contributed by atoms with Crippen LogP contribution in [-0.2, 0) is 11.2 Å². The summed E-state index contributed by atoms with van der Waals surface area (Å²) in [6.45, 7) is 5.20. The lowest BCUT2D eigenvalue weighted by atomic mass is 10.1. The summed E-state index contributed by atoms with van der Waals surface area (Å²) in [7, 11) is 1.69. The predicted octanol–water partition coefficient (Wildman–Crippen LogP) is 2.50. The highest BCUT2D eigenvalue weighted by atomic mass is 32.1. The number of anilines is 1. The molecule has 7 nitrogen and oxygen atoms in total. The second-order valence-electron chi connectivity index (χ2n) is 7.20. The van der Waals surface area contributed by atoms with E-state index in [1.54, 1.807) is 7.11 Å². The highest BCUT2D eigenvalue weighted by molar-refractivity contribution is 7.00. The van der Waals surface area contributed by atoms with Crippen molar-refractivity contribution in [2.75, 3.05) is 51.7 Å². The molecule has 8 heteroatoms. The topological polar surface area (TPSA) is 70.6 Å². The van der Waals surface area contributed by atoms with E-state index in [0.717, 1.165) is 73.3 Å². The zero-order valence-electron chi connectivity index (χ0n) is 16.5. The molecule has 2 aromatic carbocycles. The number of aromatic nitrogens is 2. The van der Waals surface area contributed by atoms with Crippen LogP contribution in [0, 0.1) is 0 Å². The second kappa shape index (κ2) is 9.30. The van der Waals surface area contributed by atoms with Crippen LogP contribution in [-0.4, -0.2) is 70.8 Å². The van der Waals surface area contributed by atoms with Crippen molar-refractivity contribution in [1.82, 2.24) is 18.5 Å². The van der Waals surface area contributed by atoms with E-state index in [1.165, 1.54) is 5.56 Å². The van der Waals surface area contributed by atoms with Gasteiger partial charge in [0.05, 0.1) is 31.1 Å². The average molecular weight is 412 g/mol. The maximum atomic E-state index is 12.5. The molecule has 29 heavy (non-hydrogen) atoms. The van der Waals surface area contributed by atoms with E-state index in [2.05, 4.69) is 36.0 Å². The molecule has 0 bridgehead atoms. The number of ether oxygens (including phenoxy) is 1. The number of carbonyl (C=O) groups excluding carboxylic acids is 1. The van der Waals surface area contributed by atoms with Crippen LogP contribution < -0.4 is 10.1 Å². The molecule has 152 valence electrons. The maximum absolute atomic E-state index is 12.5. The van der Waals surface area contributed by atoms with Gasteiger partial charge in [0.15, 0.2) is 0 Å². The Labute approximate surface area is 174 Å². The predicted molar refractivity (Wildman–Crippen MR) is 116 cm³/mol. The van der Waals surface area contributed by atoms with Gasteiger partial charge in [0.25, 0.3) is 0 Å². The van der Waals surface area contributed by atoms with E-state index in [-0.39, 0.29) is 5.91 Å². The molecule has 1 aromatic heterocycles. The Morgan fingerprint density at radius 1 is 1.07 bits per heavy atom. The van der Waals surface area contributed by atoms with Gasteiger partial charge in [-0.05, 0) is 36.2 Å². The second-order valence-corrected chi connectivity index (χ2v) is 7.73. The fraction of sp³-hybridized carbons (Fsp3) is 0.381. The summed E-state index contributed by atoms with van der Waals surface area (Å²) in [6.07, 6.45) is 1.02. The lowest BCUT2D eigenvalue weighted by Crippen LogP contribution is -2.49. The van der Waals surface area contributed by atoms with Gasteiger partial charge in [-0.1, -0.05) is 18.2 Å². The molecule has 1 amide bonds. The zero-order chi connectivity index (χ0) is 20.1. The van der Waals surface area contributed by atoms with Crippen molar-refractivity contribution in [3.05, 3.63) is 48.0 Å². The van der Waals surface area contributed by atoms with Gasteiger partial charge in [0.1, 0.15) is 16.8 Å². The minimum Gasteiger partial charge on any atom is -0.497 e. The minimum atomic E-state index is -0.00261. The molecule has 1 aliphatic rings. The van der Waals surface area contributed by atoms with Crippen molar-refractivity contribution >= 4 is 34.4 Å². The molecule has 0 radical (unpaired) electrons. The number of amides is 1. The quantitative estimate of drug-likeness (QED) is 0.644. The lowest BCUT2D eigenvalue weighted by molar-refractivity contribution is -0.117. The highest BCUT2D eigenvalue weighted by Crippen LogP contribution is 2.21. The van der Waals surface area contributed by atoms with Gasteiger partial charge >= 0.3 is 0 Å². The third kappa shape index (κ3) is 5.09. The maximum Gasteiger partial charge on any atom is 0.238 e. The number of hydrogen-bond donors (Lipinski definition) is 1. The summed E-state index contributed by atoms with van der Waals surface area (Å²) < 4.78 is 13.7. The molecule has 0 aliphatic carbocycles. The molecule has 3 aromatic rings. The minimum absolute atomic E-state index is 0.00261. The summed E-state index contributed by atoms with van der Waals surface area (Å²) in [5.41, 5.74) is 3.63. The first-order valence-electron chi connectivity index (χ1n) is 9.80. The number of piperazine rings is 1. The number of nitrogens with one attached hydrogen (secondary N) is 1. The van der Waals surface area contributed by atoms with E-state index in [0.29, 0.717) is 6.54 Å². The van der Waals surface area contributed by atoms with Gasteiger partial charge in [-0.25, -0.2) is 0 Å². The summed E-state index contributed by atoms with van der Waals surface area (Å²) in [6, 6.07) is 13.9. The molecule has 1 N–H and O–H groups in total. The first-order valence-corrected chi connectivity index (χ1v) is 10.5. The van der Waals surface area contributed by atoms with Gasteiger partial charge in [0, 0.05) is 32.7 Å². The molecule has 1 saturated heterocycles. The number of hydrogen-bond acceptors (Lipinski definition) is 7. The van der Waals surface area contributed by atoms with Crippen LogP contribution in [0.1, 0.15) is 5.56 Å². The molecule has 0 spiro atoms. The van der Waals surface area contributed by atoms with Crippen LogP contribution in [0.3, 0.4) is 0 Å². The summed E-state index contributed by atoms with van der Waals surface area (Å²) >= 11 is 1.16. The third-order valence-corrected chi connectivity index (χ3v) is 5.81. The van der Waals surface area contributed by atoms with Crippen LogP contribution in [0.15, 0.2) is 42.5 Å². The standard InChI is InChI=1S/C21H25N5O2S/c1-28-17-7-5-16(6-8-17)9-10-25-11-13-26(14-12-25)15-20(27)22-18-3-2-4-19-21(18)24-29-23-19/h2-8H,9-15H2,1H3,(H,22,27). The molecular weight excluding hydrogens is 386 g/mol. The molecule has 2 heterocycles. The smallest absolute Gasteiger partial charge is 0.238 e. The van der Waals surface area contributed by atoms with Crippen LogP contribution >= 0.6 is 11.7 Å². The number of rotatable bonds is 7. The third-order valence-electron chi connectivity index (χ3n) is 5.27. The van der Waals surface area contributed by atoms with Crippen molar-refractivity contribution in [2.24, 2.45) is 0 Å². The molecule has 1 aliphatic heterocycles. The van der Waals surface area contributed by atoms with Crippen LogP contribution in [0.25, 0.3) is 11.0 Å². The van der Waals surface area contributed by atoms with Crippen molar-refractivity contribution in [3.63, 3.8) is 0 Å². The first-order chi connectivity index (χ1) is 14.2. The van der Waals surface area contributed by atoms with E-state index in [9.17, 15) is 4.79 Å². The Morgan fingerprint density at radius 2 is 1.83 bits per heavy atom. The molecular formula is C21H25N5O2S. The van der Waals surface area contributed by atoms with Crippen molar-refractivity contribution in [3.8, 4) is 5.75 Å². The molecule has 1 fully saturated rings. The largest absolute Gasteiger partial charge is 0.497 e. The number of carbonyl (C=O) groups is 1. The van der Waals surface area contributed by atoms with Crippen LogP contribution in [0.4, 0.5) is 5.69 Å². The molecule has 4 rings (SSSR count). The van der Waals surface area contributed by atoms with Crippen molar-refractivity contribution in [1.29, 1.82) is 0 Å². The first kappa shape index (κ1) is 19.8. The summed E-state index contributed by atoms with van der Waals surface area (Å²) in [4.78, 5) is 17.1. The summed E-state index contributed by atoms with van der Waals surface area (Å²) in [5, 5.41) is 2.99. The fourth-order valence-electron chi connectivity index (χ4n) is 3.55. The zero-order valence-corrected chi connectivity index (χ0v) is 17.3. The van der Waals surface area contributed by atoms with Crippen LogP contribution in [0.2, 0.25) is 0 Å². The van der Waals surface area contributed by atoms with Crippen LogP contribution in [0.5, 0.6) is 5.75 Å². The van der Waals surface area contributed by atoms with Gasteiger partial charge in [-0.3, -0.25) is 9.69 Å². The van der Waals surface area contributed by atoms with Gasteiger partial charge in [0.2, 0.25) is 5.91 Å². The molecule has 0 unspecified atom stereocenters. The lowest BCUT2D eigenvalue weighted by Gasteiger charge is -2.34. The Kier molecular flexibility index (Phi) is 6.33. The molecule has 0 saturated carbocycles. The Balaban J connectivity index is 1.21. The van der Waals surface area contributed by atoms with Crippen molar-refractivity contribution < 1.29 is 9.53 Å². The number of nitrogens with zero attached hydrogens (tertiary/aromatic N) is 4. The van der Waals surface area contributed by atoms with E-state index < -0.39 is 0 Å². The normalized spacial score (nSPS) is 15.5. The highest BCUT2D eigenvalue weighted by Gasteiger charge is 2.19. The van der Waals surface area contributed by atoms with Gasteiger partial charge < -0.3 is 15.0 Å². The Bertz CT molecular complexity index is 951. The molecule has 0 atom stereocenters. The monoisotopic (exact) mass is 411 g/mol. The van der Waals surface area contributed by atoms with E-state index >= 15 is 0 Å². The van der Waals surface area contributed by atoms with E-state index in [4.69, 9.17) is 4.74 Å². The fourth-order valence-corrected chi connectivity index (χ4v) is 4.10. The Hall–Kier alpha value is -2.55. The van der Waals surface area contributed by atoms with Gasteiger partial charge in [-0.15, -0.1) is 0 Å². The number of methoxy groups -OCH3 is 1. The number of fused-ring (bicyclic) bond motifs is 1. The van der Waals surface area contributed by atoms with Gasteiger partial charge in [-0.2, -0.15) is 8.75 Å². The average Bonchev–Trinajstić information content (AvgIpc) is 3.23. The summed E-state index contributed by atoms with van der Waals surface area (Å²) in [5.74, 6) is 0.889. The number of benzene rings is 2. The van der Waals surface area contributed by atoms with E-state index in [1.807, 2.05) is 30.3 Å². The SMILES string of the molecule is COc1ccc(CCN2CCN(CC(=O)Nc3cccc4nsnc34)CC2)cc1.